The van der Waals surface area contributed by atoms with Gasteiger partial charge in [0, 0.05) is 38.4 Å². The first-order valence-corrected chi connectivity index (χ1v) is 8.64. The van der Waals surface area contributed by atoms with E-state index in [0.29, 0.717) is 19.0 Å². The van der Waals surface area contributed by atoms with Crippen molar-refractivity contribution in [2.75, 3.05) is 13.6 Å². The van der Waals surface area contributed by atoms with Gasteiger partial charge in [0.2, 0.25) is 0 Å². The molecule has 0 radical (unpaired) electrons. The van der Waals surface area contributed by atoms with E-state index in [-0.39, 0.29) is 6.10 Å². The Balaban J connectivity index is 1.81. The summed E-state index contributed by atoms with van der Waals surface area (Å²) in [5.41, 5.74) is 3.39. The van der Waals surface area contributed by atoms with Crippen LogP contribution >= 0.6 is 0 Å². The van der Waals surface area contributed by atoms with E-state index in [1.54, 1.807) is 7.05 Å². The first-order chi connectivity index (χ1) is 11.0. The maximum atomic E-state index is 10.3. The van der Waals surface area contributed by atoms with Crippen LogP contribution in [0.2, 0.25) is 0 Å². The van der Waals surface area contributed by atoms with Crippen LogP contribution in [0.5, 0.6) is 0 Å². The molecule has 0 bridgehead atoms. The summed E-state index contributed by atoms with van der Waals surface area (Å²) >= 11 is 0. The lowest BCUT2D eigenvalue weighted by molar-refractivity contribution is 0.0880. The summed E-state index contributed by atoms with van der Waals surface area (Å²) in [7, 11) is 3.71. The summed E-state index contributed by atoms with van der Waals surface area (Å²) in [6.07, 6.45) is 5.79. The van der Waals surface area contributed by atoms with Gasteiger partial charge < -0.3 is 15.7 Å². The van der Waals surface area contributed by atoms with Crippen LogP contribution < -0.4 is 10.6 Å². The Morgan fingerprint density at radius 1 is 1.30 bits per heavy atom. The number of rotatable bonds is 5. The quantitative estimate of drug-likeness (QED) is 0.569. The smallest absolute Gasteiger partial charge is 0.191 e. The Morgan fingerprint density at radius 2 is 2.00 bits per heavy atom. The number of aliphatic hydroxyl groups is 1. The molecule has 1 atom stereocenters. The Bertz CT molecular complexity index is 531. The minimum absolute atomic E-state index is 0.296. The largest absolute Gasteiger partial charge is 0.391 e. The molecular weight excluding hydrogens is 290 g/mol. The van der Waals surface area contributed by atoms with Gasteiger partial charge >= 0.3 is 0 Å². The van der Waals surface area contributed by atoms with E-state index >= 15 is 0 Å². The van der Waals surface area contributed by atoms with Crippen LogP contribution in [0.25, 0.3) is 0 Å². The number of aromatic nitrogens is 2. The fraction of sp³-hybridized carbons (Fsp3) is 0.765. The summed E-state index contributed by atoms with van der Waals surface area (Å²) in [6.45, 7) is 5.33. The molecule has 0 saturated heterocycles. The van der Waals surface area contributed by atoms with Crippen LogP contribution in [0.15, 0.2) is 4.99 Å². The van der Waals surface area contributed by atoms with Gasteiger partial charge in [0.1, 0.15) is 0 Å². The molecular formula is C17H31N5O. The molecule has 1 fully saturated rings. The topological polar surface area (TPSA) is 74.5 Å². The zero-order chi connectivity index (χ0) is 16.8. The van der Waals surface area contributed by atoms with E-state index in [9.17, 15) is 5.11 Å². The molecule has 0 spiro atoms. The minimum atomic E-state index is -0.296. The minimum Gasteiger partial charge on any atom is -0.391 e. The highest BCUT2D eigenvalue weighted by atomic mass is 16.3. The maximum absolute atomic E-state index is 10.3. The molecule has 1 aliphatic rings. The average Bonchev–Trinajstić information content (AvgIpc) is 2.81. The van der Waals surface area contributed by atoms with Gasteiger partial charge in [-0.1, -0.05) is 19.3 Å². The van der Waals surface area contributed by atoms with Crippen LogP contribution in [0, 0.1) is 19.8 Å². The van der Waals surface area contributed by atoms with Gasteiger partial charge in [0.25, 0.3) is 0 Å². The highest BCUT2D eigenvalue weighted by Gasteiger charge is 2.21. The third kappa shape index (κ3) is 4.70. The maximum Gasteiger partial charge on any atom is 0.191 e. The van der Waals surface area contributed by atoms with Gasteiger partial charge in [-0.3, -0.25) is 9.67 Å². The molecule has 1 aliphatic carbocycles. The molecule has 0 aromatic carbocycles. The van der Waals surface area contributed by atoms with E-state index in [0.717, 1.165) is 30.2 Å². The normalized spacial score (nSPS) is 18.0. The second-order valence-corrected chi connectivity index (χ2v) is 6.55. The Labute approximate surface area is 139 Å². The molecule has 2 rings (SSSR count). The van der Waals surface area contributed by atoms with E-state index in [1.165, 1.54) is 24.8 Å². The van der Waals surface area contributed by atoms with Crippen molar-refractivity contribution in [3.05, 3.63) is 17.0 Å². The molecule has 1 saturated carbocycles. The van der Waals surface area contributed by atoms with Crippen molar-refractivity contribution >= 4 is 5.96 Å². The fourth-order valence-electron chi connectivity index (χ4n) is 3.35. The molecule has 6 nitrogen and oxygen atoms in total. The molecule has 1 aromatic heterocycles. The molecule has 6 heteroatoms. The zero-order valence-electron chi connectivity index (χ0n) is 14.9. The van der Waals surface area contributed by atoms with Crippen LogP contribution in [0.1, 0.15) is 49.1 Å². The number of aryl methyl sites for hydroxylation is 2. The van der Waals surface area contributed by atoms with E-state index < -0.39 is 0 Å². The summed E-state index contributed by atoms with van der Waals surface area (Å²) in [4.78, 5) is 4.24. The summed E-state index contributed by atoms with van der Waals surface area (Å²) in [5.74, 6) is 1.15. The molecule has 1 aromatic rings. The van der Waals surface area contributed by atoms with Gasteiger partial charge in [-0.2, -0.15) is 5.10 Å². The van der Waals surface area contributed by atoms with Crippen LogP contribution in [-0.2, 0) is 13.6 Å². The number of hydrogen-bond donors (Lipinski definition) is 3. The van der Waals surface area contributed by atoms with Gasteiger partial charge in [-0.15, -0.1) is 0 Å². The summed E-state index contributed by atoms with van der Waals surface area (Å²) in [5, 5.41) is 21.3. The predicted octanol–water partition coefficient (Wildman–Crippen LogP) is 1.64. The van der Waals surface area contributed by atoms with Crippen molar-refractivity contribution in [3.8, 4) is 0 Å². The van der Waals surface area contributed by atoms with Crippen molar-refractivity contribution in [3.63, 3.8) is 0 Å². The number of nitrogens with one attached hydrogen (secondary N) is 2. The van der Waals surface area contributed by atoms with Gasteiger partial charge in [0.15, 0.2) is 5.96 Å². The van der Waals surface area contributed by atoms with Crippen molar-refractivity contribution in [1.82, 2.24) is 20.4 Å². The molecule has 23 heavy (non-hydrogen) atoms. The number of aliphatic imine (C=N–C) groups is 1. The van der Waals surface area contributed by atoms with Crippen molar-refractivity contribution in [2.24, 2.45) is 18.0 Å². The lowest BCUT2D eigenvalue weighted by atomic mass is 9.85. The number of nitrogens with zero attached hydrogens (tertiary/aromatic N) is 3. The van der Waals surface area contributed by atoms with Crippen molar-refractivity contribution in [2.45, 2.75) is 58.6 Å². The van der Waals surface area contributed by atoms with Crippen LogP contribution in [-0.4, -0.2) is 40.5 Å². The highest BCUT2D eigenvalue weighted by Crippen LogP contribution is 2.26. The SMILES string of the molecule is CN=C(NCc1c(C)nn(C)c1C)NCC(O)C1CCCCC1. The first kappa shape index (κ1) is 17.8. The summed E-state index contributed by atoms with van der Waals surface area (Å²) in [6, 6.07) is 0. The molecule has 1 unspecified atom stereocenters. The third-order valence-corrected chi connectivity index (χ3v) is 4.99. The van der Waals surface area contributed by atoms with Crippen molar-refractivity contribution in [1.29, 1.82) is 0 Å². The Morgan fingerprint density at radius 3 is 2.57 bits per heavy atom. The Kier molecular flexibility index (Phi) is 6.45. The van der Waals surface area contributed by atoms with Gasteiger partial charge in [0.05, 0.1) is 11.8 Å². The lowest BCUT2D eigenvalue weighted by Gasteiger charge is -2.27. The predicted molar refractivity (Wildman–Crippen MR) is 93.5 cm³/mol. The van der Waals surface area contributed by atoms with Crippen molar-refractivity contribution < 1.29 is 5.11 Å². The molecule has 130 valence electrons. The zero-order valence-corrected chi connectivity index (χ0v) is 14.9. The second kappa shape index (κ2) is 8.34. The monoisotopic (exact) mass is 321 g/mol. The number of aliphatic hydroxyl groups excluding tert-OH is 1. The number of hydrogen-bond acceptors (Lipinski definition) is 3. The second-order valence-electron chi connectivity index (χ2n) is 6.55. The van der Waals surface area contributed by atoms with E-state index in [1.807, 2.05) is 18.7 Å². The van der Waals surface area contributed by atoms with Gasteiger partial charge in [-0.05, 0) is 32.6 Å². The molecule has 0 amide bonds. The highest BCUT2D eigenvalue weighted by molar-refractivity contribution is 5.79. The Hall–Kier alpha value is -1.56. The number of guanidine groups is 1. The first-order valence-electron chi connectivity index (χ1n) is 8.64. The fourth-order valence-corrected chi connectivity index (χ4v) is 3.35. The third-order valence-electron chi connectivity index (χ3n) is 4.99. The van der Waals surface area contributed by atoms with Gasteiger partial charge in [-0.25, -0.2) is 0 Å². The van der Waals surface area contributed by atoms with Crippen LogP contribution in [0.3, 0.4) is 0 Å². The van der Waals surface area contributed by atoms with E-state index in [4.69, 9.17) is 0 Å². The average molecular weight is 321 g/mol. The lowest BCUT2D eigenvalue weighted by Crippen LogP contribution is -2.43. The summed E-state index contributed by atoms with van der Waals surface area (Å²) < 4.78 is 1.90. The standard InChI is InChI=1S/C17H31N5O/c1-12-15(13(2)22(4)21-12)10-19-17(18-3)20-11-16(23)14-8-6-5-7-9-14/h14,16,23H,5-11H2,1-4H3,(H2,18,19,20). The molecule has 3 N–H and O–H groups in total. The van der Waals surface area contributed by atoms with Crippen LogP contribution in [0.4, 0.5) is 0 Å². The van der Waals surface area contributed by atoms with E-state index in [2.05, 4.69) is 27.6 Å². The molecule has 0 aliphatic heterocycles. The molecule has 1 heterocycles.